The molecule has 0 aromatic heterocycles. The van der Waals surface area contributed by atoms with E-state index in [0.717, 1.165) is 15.2 Å². The number of fused-ring (bicyclic) bond motifs is 1. The van der Waals surface area contributed by atoms with E-state index in [2.05, 4.69) is 15.9 Å². The number of aromatic hydroxyl groups is 1. The Hall–Kier alpha value is -0.780. The molecule has 90 valence electrons. The number of halogens is 2. The summed E-state index contributed by atoms with van der Waals surface area (Å²) in [6.07, 6.45) is 0. The Morgan fingerprint density at radius 3 is 2.53 bits per heavy atom. The summed E-state index contributed by atoms with van der Waals surface area (Å²) in [6.45, 7) is 0. The Balaban J connectivity index is 2.61. The molecule has 0 atom stereocenters. The molecule has 0 saturated heterocycles. The topological polar surface area (TPSA) is 54.4 Å². The van der Waals surface area contributed by atoms with Crippen LogP contribution in [-0.4, -0.2) is 13.5 Å². The van der Waals surface area contributed by atoms with Crippen molar-refractivity contribution >= 4 is 46.4 Å². The van der Waals surface area contributed by atoms with Crippen LogP contribution in [0, 0.1) is 0 Å². The molecule has 6 heteroatoms. The Bertz CT molecular complexity index is 682. The first-order chi connectivity index (χ1) is 7.85. The summed E-state index contributed by atoms with van der Waals surface area (Å²) in [5, 5.41) is 11.4. The molecule has 0 aliphatic carbocycles. The van der Waals surface area contributed by atoms with Crippen LogP contribution in [0.4, 0.5) is 0 Å². The second-order valence-corrected chi connectivity index (χ2v) is 7.35. The Labute approximate surface area is 112 Å². The van der Waals surface area contributed by atoms with Gasteiger partial charge in [0.2, 0.25) is 9.05 Å². The van der Waals surface area contributed by atoms with Gasteiger partial charge in [-0.15, -0.1) is 0 Å². The van der Waals surface area contributed by atoms with E-state index >= 15 is 0 Å². The molecule has 17 heavy (non-hydrogen) atoms. The summed E-state index contributed by atoms with van der Waals surface area (Å²) in [7, 11) is 1.50. The summed E-state index contributed by atoms with van der Waals surface area (Å²) >= 11 is 3.33. The van der Waals surface area contributed by atoms with Crippen LogP contribution in [0.15, 0.2) is 34.8 Å². The third kappa shape index (κ3) is 3.12. The third-order valence-electron chi connectivity index (χ3n) is 2.33. The number of hydrogen-bond donors (Lipinski definition) is 1. The minimum absolute atomic E-state index is 0.0657. The van der Waals surface area contributed by atoms with Crippen molar-refractivity contribution < 1.29 is 13.5 Å². The number of rotatable bonds is 2. The van der Waals surface area contributed by atoms with Gasteiger partial charge in [0, 0.05) is 20.7 Å². The molecule has 0 aliphatic rings. The van der Waals surface area contributed by atoms with E-state index in [9.17, 15) is 13.5 Å². The standard InChI is InChI=1S/C11H8BrClO3S/c12-10-2-1-7-5-11(14)9(3-8(7)4-10)6-17(13,15)16/h1-5,14H,6H2. The van der Waals surface area contributed by atoms with Gasteiger partial charge in [-0.05, 0) is 35.0 Å². The highest BCUT2D eigenvalue weighted by Gasteiger charge is 2.12. The van der Waals surface area contributed by atoms with Gasteiger partial charge >= 0.3 is 0 Å². The molecule has 0 aliphatic heterocycles. The predicted molar refractivity (Wildman–Crippen MR) is 71.8 cm³/mol. The predicted octanol–water partition coefficient (Wildman–Crippen LogP) is 3.38. The van der Waals surface area contributed by atoms with Crippen LogP contribution in [0.5, 0.6) is 5.75 Å². The van der Waals surface area contributed by atoms with Crippen LogP contribution in [0.2, 0.25) is 0 Å². The smallest absolute Gasteiger partial charge is 0.236 e. The SMILES string of the molecule is O=S(=O)(Cl)Cc1cc2cc(Br)ccc2cc1O. The largest absolute Gasteiger partial charge is 0.508 e. The lowest BCUT2D eigenvalue weighted by atomic mass is 10.1. The zero-order valence-electron chi connectivity index (χ0n) is 8.52. The number of benzene rings is 2. The lowest BCUT2D eigenvalue weighted by Gasteiger charge is -2.05. The van der Waals surface area contributed by atoms with Crippen molar-refractivity contribution in [1.82, 2.24) is 0 Å². The van der Waals surface area contributed by atoms with Gasteiger partial charge in [0.25, 0.3) is 0 Å². The minimum atomic E-state index is -3.68. The van der Waals surface area contributed by atoms with Crippen LogP contribution in [0.3, 0.4) is 0 Å². The summed E-state index contributed by atoms with van der Waals surface area (Å²) in [6, 6.07) is 8.67. The van der Waals surface area contributed by atoms with Crippen molar-refractivity contribution in [1.29, 1.82) is 0 Å². The summed E-state index contributed by atoms with van der Waals surface area (Å²) in [5.41, 5.74) is 0.297. The molecule has 0 saturated carbocycles. The molecular weight excluding hydrogens is 328 g/mol. The molecule has 3 nitrogen and oxygen atoms in total. The first kappa shape index (κ1) is 12.7. The van der Waals surface area contributed by atoms with E-state index in [1.165, 1.54) is 6.07 Å². The fraction of sp³-hybridized carbons (Fsp3) is 0.0909. The van der Waals surface area contributed by atoms with Crippen LogP contribution < -0.4 is 0 Å². The number of hydrogen-bond acceptors (Lipinski definition) is 3. The highest BCUT2D eigenvalue weighted by Crippen LogP contribution is 2.29. The Morgan fingerprint density at radius 2 is 1.88 bits per heavy atom. The van der Waals surface area contributed by atoms with Crippen molar-refractivity contribution in [3.8, 4) is 5.75 Å². The fourth-order valence-corrected chi connectivity index (χ4v) is 2.94. The second kappa shape index (κ2) is 4.48. The van der Waals surface area contributed by atoms with Gasteiger partial charge in [0.1, 0.15) is 5.75 Å². The van der Waals surface area contributed by atoms with Crippen LogP contribution in [0.1, 0.15) is 5.56 Å². The van der Waals surface area contributed by atoms with E-state index in [1.807, 2.05) is 18.2 Å². The first-order valence-electron chi connectivity index (χ1n) is 4.69. The monoisotopic (exact) mass is 334 g/mol. The molecule has 2 rings (SSSR count). The van der Waals surface area contributed by atoms with Crippen molar-refractivity contribution in [2.75, 3.05) is 0 Å². The molecule has 0 radical (unpaired) electrons. The van der Waals surface area contributed by atoms with Crippen LogP contribution in [-0.2, 0) is 14.8 Å². The molecule has 0 unspecified atom stereocenters. The Morgan fingerprint density at radius 1 is 1.18 bits per heavy atom. The maximum absolute atomic E-state index is 11.0. The van der Waals surface area contributed by atoms with E-state index in [-0.39, 0.29) is 11.5 Å². The quantitative estimate of drug-likeness (QED) is 0.856. The molecule has 0 bridgehead atoms. The zero-order valence-corrected chi connectivity index (χ0v) is 11.7. The summed E-state index contributed by atoms with van der Waals surface area (Å²) < 4.78 is 22.9. The third-order valence-corrected chi connectivity index (χ3v) is 3.80. The molecule has 0 heterocycles. The maximum atomic E-state index is 11.0. The second-order valence-electron chi connectivity index (χ2n) is 3.66. The lowest BCUT2D eigenvalue weighted by molar-refractivity contribution is 0.471. The fourth-order valence-electron chi connectivity index (χ4n) is 1.61. The number of phenolic OH excluding ortho intramolecular Hbond substituents is 1. The van der Waals surface area contributed by atoms with Crippen molar-refractivity contribution in [3.05, 3.63) is 40.4 Å². The van der Waals surface area contributed by atoms with Gasteiger partial charge in [-0.2, -0.15) is 0 Å². The van der Waals surface area contributed by atoms with Gasteiger partial charge < -0.3 is 5.11 Å². The van der Waals surface area contributed by atoms with Crippen molar-refractivity contribution in [3.63, 3.8) is 0 Å². The molecule has 0 amide bonds. The molecule has 1 N–H and O–H groups in total. The Kier molecular flexibility index (Phi) is 3.34. The van der Waals surface area contributed by atoms with Crippen LogP contribution in [0.25, 0.3) is 10.8 Å². The highest BCUT2D eigenvalue weighted by molar-refractivity contribution is 9.10. The summed E-state index contributed by atoms with van der Waals surface area (Å²) in [4.78, 5) is 0. The molecule has 2 aromatic rings. The van der Waals surface area contributed by atoms with Crippen molar-refractivity contribution in [2.24, 2.45) is 0 Å². The normalized spacial score (nSPS) is 11.9. The first-order valence-corrected chi connectivity index (χ1v) is 7.96. The van der Waals surface area contributed by atoms with Gasteiger partial charge in [-0.1, -0.05) is 22.0 Å². The van der Waals surface area contributed by atoms with Crippen molar-refractivity contribution in [2.45, 2.75) is 5.75 Å². The van der Waals surface area contributed by atoms with E-state index < -0.39 is 9.05 Å². The maximum Gasteiger partial charge on any atom is 0.236 e. The van der Waals surface area contributed by atoms with Gasteiger partial charge in [-0.3, -0.25) is 0 Å². The molecular formula is C11H8BrClO3S. The summed E-state index contributed by atoms with van der Waals surface area (Å²) in [5.74, 6) is -0.452. The van der Waals surface area contributed by atoms with Gasteiger partial charge in [0.05, 0.1) is 5.75 Å². The molecule has 2 aromatic carbocycles. The van der Waals surface area contributed by atoms with Crippen LogP contribution >= 0.6 is 26.6 Å². The zero-order chi connectivity index (χ0) is 12.6. The highest BCUT2D eigenvalue weighted by atomic mass is 79.9. The van der Waals surface area contributed by atoms with Gasteiger partial charge in [-0.25, -0.2) is 8.42 Å². The van der Waals surface area contributed by atoms with E-state index in [1.54, 1.807) is 6.07 Å². The minimum Gasteiger partial charge on any atom is -0.508 e. The van der Waals surface area contributed by atoms with E-state index in [0.29, 0.717) is 5.56 Å². The lowest BCUT2D eigenvalue weighted by Crippen LogP contribution is -1.95. The molecule has 0 spiro atoms. The van der Waals surface area contributed by atoms with Gasteiger partial charge in [0.15, 0.2) is 0 Å². The van der Waals surface area contributed by atoms with E-state index in [4.69, 9.17) is 10.7 Å². The average molecular weight is 336 g/mol. The average Bonchev–Trinajstić information content (AvgIpc) is 2.17. The molecule has 0 fully saturated rings. The number of phenols is 1.